The van der Waals surface area contributed by atoms with E-state index in [0.29, 0.717) is 22.9 Å². The number of fused-ring (bicyclic) bond motifs is 2. The molecule has 1 N–H and O–H groups in total. The van der Waals surface area contributed by atoms with Crippen molar-refractivity contribution in [3.8, 4) is 10.6 Å². The molecule has 0 aliphatic carbocycles. The van der Waals surface area contributed by atoms with Gasteiger partial charge in [-0.15, -0.1) is 11.3 Å². The van der Waals surface area contributed by atoms with Crippen LogP contribution in [0.25, 0.3) is 10.6 Å². The van der Waals surface area contributed by atoms with Gasteiger partial charge in [-0.05, 0) is 62.9 Å². The minimum Gasteiger partial charge on any atom is -0.465 e. The second kappa shape index (κ2) is 7.64. The summed E-state index contributed by atoms with van der Waals surface area (Å²) >= 11 is 7.47. The zero-order valence-corrected chi connectivity index (χ0v) is 18.3. The van der Waals surface area contributed by atoms with Crippen molar-refractivity contribution >= 4 is 22.9 Å². The molecule has 2 atom stereocenters. The third-order valence-corrected chi connectivity index (χ3v) is 7.53. The maximum atomic E-state index is 12.5. The van der Waals surface area contributed by atoms with Crippen molar-refractivity contribution in [3.63, 3.8) is 0 Å². The zero-order valence-electron chi connectivity index (χ0n) is 16.8. The van der Waals surface area contributed by atoms with Gasteiger partial charge < -0.3 is 9.52 Å². The van der Waals surface area contributed by atoms with Gasteiger partial charge in [-0.3, -0.25) is 9.69 Å². The summed E-state index contributed by atoms with van der Waals surface area (Å²) in [6.45, 7) is 2.93. The molecule has 30 heavy (non-hydrogen) atoms. The Bertz CT molecular complexity index is 1110. The lowest BCUT2D eigenvalue weighted by molar-refractivity contribution is -0.0690. The fourth-order valence-corrected chi connectivity index (χ4v) is 5.98. The van der Waals surface area contributed by atoms with Gasteiger partial charge in [0.25, 0.3) is 5.56 Å². The first-order valence-electron chi connectivity index (χ1n) is 10.3. The first-order chi connectivity index (χ1) is 14.4. The molecule has 2 aliphatic rings. The van der Waals surface area contributed by atoms with Crippen molar-refractivity contribution in [1.82, 2.24) is 14.7 Å². The average molecular weight is 446 g/mol. The van der Waals surface area contributed by atoms with Crippen molar-refractivity contribution in [2.45, 2.75) is 63.4 Å². The monoisotopic (exact) mass is 445 g/mol. The molecule has 2 aliphatic heterocycles. The molecule has 0 amide bonds. The van der Waals surface area contributed by atoms with E-state index in [1.54, 1.807) is 6.07 Å². The average Bonchev–Trinajstić information content (AvgIpc) is 3.37. The van der Waals surface area contributed by atoms with E-state index in [0.717, 1.165) is 35.8 Å². The van der Waals surface area contributed by atoms with Crippen molar-refractivity contribution in [1.29, 1.82) is 0 Å². The van der Waals surface area contributed by atoms with Gasteiger partial charge in [-0.25, -0.2) is 4.68 Å². The Balaban J connectivity index is 1.34. The van der Waals surface area contributed by atoms with E-state index in [4.69, 9.17) is 16.0 Å². The number of aliphatic hydroxyl groups is 1. The Hall–Kier alpha value is -1.93. The highest BCUT2D eigenvalue weighted by Crippen LogP contribution is 2.42. The molecule has 6 nitrogen and oxygen atoms in total. The summed E-state index contributed by atoms with van der Waals surface area (Å²) in [5.74, 6) is 1.89. The standard InChI is InChI=1S/C22H24ClN3O3S/c1-14-2-5-17(29-14)12-25-15-3-4-16(25)11-22(28,10-15)13-26-21(27)9-6-18(24-26)19-7-8-20(23)30-19/h2,5-9,15-16,28H,3-4,10-13H2,1H3. The van der Waals surface area contributed by atoms with Gasteiger partial charge in [0, 0.05) is 18.2 Å². The molecule has 0 saturated carbocycles. The molecule has 2 bridgehead atoms. The molecule has 8 heteroatoms. The molecule has 5 heterocycles. The molecule has 5 rings (SSSR count). The van der Waals surface area contributed by atoms with E-state index in [9.17, 15) is 9.90 Å². The fraction of sp³-hybridized carbons (Fsp3) is 0.455. The number of hydrogen-bond donors (Lipinski definition) is 1. The van der Waals surface area contributed by atoms with Crippen molar-refractivity contribution in [2.24, 2.45) is 0 Å². The van der Waals surface area contributed by atoms with Crippen LogP contribution in [0.3, 0.4) is 0 Å². The molecule has 0 spiro atoms. The van der Waals surface area contributed by atoms with Crippen LogP contribution < -0.4 is 5.56 Å². The quantitative estimate of drug-likeness (QED) is 0.640. The van der Waals surface area contributed by atoms with Gasteiger partial charge in [0.15, 0.2) is 0 Å². The lowest BCUT2D eigenvalue weighted by atomic mass is 9.86. The first kappa shape index (κ1) is 20.0. The van der Waals surface area contributed by atoms with Gasteiger partial charge in [0.2, 0.25) is 0 Å². The third-order valence-electron chi connectivity index (χ3n) is 6.27. The van der Waals surface area contributed by atoms with Crippen LogP contribution >= 0.6 is 22.9 Å². The highest BCUT2D eigenvalue weighted by Gasteiger charge is 2.48. The molecule has 2 unspecified atom stereocenters. The van der Waals surface area contributed by atoms with E-state index in [-0.39, 0.29) is 24.2 Å². The Kier molecular flexibility index (Phi) is 5.09. The summed E-state index contributed by atoms with van der Waals surface area (Å²) in [6.07, 6.45) is 3.38. The summed E-state index contributed by atoms with van der Waals surface area (Å²) in [7, 11) is 0. The van der Waals surface area contributed by atoms with Crippen LogP contribution in [0, 0.1) is 6.92 Å². The van der Waals surface area contributed by atoms with Gasteiger partial charge in [0.1, 0.15) is 17.2 Å². The van der Waals surface area contributed by atoms with E-state index in [1.165, 1.54) is 22.1 Å². The summed E-state index contributed by atoms with van der Waals surface area (Å²) in [6, 6.07) is 11.5. The Morgan fingerprint density at radius 3 is 2.60 bits per heavy atom. The van der Waals surface area contributed by atoms with Crippen LogP contribution in [0.1, 0.15) is 37.2 Å². The molecule has 0 aromatic carbocycles. The highest BCUT2D eigenvalue weighted by atomic mass is 35.5. The molecular formula is C22H24ClN3O3S. The fourth-order valence-electron chi connectivity index (χ4n) is 4.98. The lowest BCUT2D eigenvalue weighted by Gasteiger charge is -2.43. The Morgan fingerprint density at radius 1 is 1.20 bits per heavy atom. The van der Waals surface area contributed by atoms with Crippen LogP contribution in [0.5, 0.6) is 0 Å². The summed E-state index contributed by atoms with van der Waals surface area (Å²) in [4.78, 5) is 15.8. The summed E-state index contributed by atoms with van der Waals surface area (Å²) in [5, 5.41) is 15.9. The van der Waals surface area contributed by atoms with Gasteiger partial charge >= 0.3 is 0 Å². The predicted molar refractivity (Wildman–Crippen MR) is 117 cm³/mol. The van der Waals surface area contributed by atoms with Crippen LogP contribution in [0.2, 0.25) is 4.34 Å². The van der Waals surface area contributed by atoms with Crippen LogP contribution in [0.15, 0.2) is 45.6 Å². The van der Waals surface area contributed by atoms with Crippen LogP contribution in [-0.4, -0.2) is 37.5 Å². The third kappa shape index (κ3) is 3.87. The molecule has 0 radical (unpaired) electrons. The van der Waals surface area contributed by atoms with Gasteiger partial charge in [-0.1, -0.05) is 11.6 Å². The predicted octanol–water partition coefficient (Wildman–Crippen LogP) is 4.08. The van der Waals surface area contributed by atoms with E-state index in [1.807, 2.05) is 31.2 Å². The number of thiophene rings is 1. The summed E-state index contributed by atoms with van der Waals surface area (Å²) < 4.78 is 7.85. The second-order valence-electron chi connectivity index (χ2n) is 8.52. The van der Waals surface area contributed by atoms with E-state index >= 15 is 0 Å². The van der Waals surface area contributed by atoms with Gasteiger partial charge in [-0.2, -0.15) is 5.10 Å². The molecule has 2 fully saturated rings. The number of hydrogen-bond acceptors (Lipinski definition) is 6. The van der Waals surface area contributed by atoms with Crippen LogP contribution in [-0.2, 0) is 13.1 Å². The van der Waals surface area contributed by atoms with Gasteiger partial charge in [0.05, 0.1) is 27.9 Å². The van der Waals surface area contributed by atoms with Crippen molar-refractivity contribution in [3.05, 3.63) is 62.6 Å². The number of aryl methyl sites for hydroxylation is 1. The number of aromatic nitrogens is 2. The molecule has 158 valence electrons. The van der Waals surface area contributed by atoms with E-state index in [2.05, 4.69) is 10.00 Å². The normalized spacial score (nSPS) is 26.4. The highest BCUT2D eigenvalue weighted by molar-refractivity contribution is 7.19. The van der Waals surface area contributed by atoms with E-state index < -0.39 is 5.60 Å². The Morgan fingerprint density at radius 2 is 1.97 bits per heavy atom. The number of halogens is 1. The minimum atomic E-state index is -0.941. The number of nitrogens with zero attached hydrogens (tertiary/aromatic N) is 3. The lowest BCUT2D eigenvalue weighted by Crippen LogP contribution is -2.53. The minimum absolute atomic E-state index is 0.198. The first-order valence-corrected chi connectivity index (χ1v) is 11.5. The topological polar surface area (TPSA) is 71.5 Å². The number of rotatable bonds is 5. The summed E-state index contributed by atoms with van der Waals surface area (Å²) in [5.41, 5.74) is -0.441. The largest absolute Gasteiger partial charge is 0.465 e. The molecular weight excluding hydrogens is 422 g/mol. The Labute approximate surface area is 183 Å². The molecule has 2 saturated heterocycles. The maximum absolute atomic E-state index is 12.5. The SMILES string of the molecule is Cc1ccc(CN2C3CCC2CC(O)(Cn2nc(-c4ccc(Cl)s4)ccc2=O)C3)o1. The van der Waals surface area contributed by atoms with Crippen molar-refractivity contribution < 1.29 is 9.52 Å². The zero-order chi connectivity index (χ0) is 20.9. The van der Waals surface area contributed by atoms with Crippen LogP contribution in [0.4, 0.5) is 0 Å². The molecule has 3 aromatic heterocycles. The number of piperidine rings is 1. The molecule has 3 aromatic rings. The van der Waals surface area contributed by atoms with Crippen molar-refractivity contribution in [2.75, 3.05) is 0 Å². The number of furan rings is 1. The maximum Gasteiger partial charge on any atom is 0.266 e. The smallest absolute Gasteiger partial charge is 0.266 e. The second-order valence-corrected chi connectivity index (χ2v) is 10.2.